The molecule has 0 fully saturated rings. The van der Waals surface area contributed by atoms with Gasteiger partial charge in [-0.2, -0.15) is 4.98 Å². The van der Waals surface area contributed by atoms with Crippen LogP contribution in [0.2, 0.25) is 0 Å². The Labute approximate surface area is 170 Å². The molecule has 0 bridgehead atoms. The highest BCUT2D eigenvalue weighted by atomic mass is 16.5. The molecule has 0 radical (unpaired) electrons. The molecular weight excluding hydrogens is 366 g/mol. The van der Waals surface area contributed by atoms with E-state index < -0.39 is 0 Å². The average Bonchev–Trinajstić information content (AvgIpc) is 2.72. The van der Waals surface area contributed by atoms with Crippen molar-refractivity contribution < 1.29 is 9.53 Å². The van der Waals surface area contributed by atoms with Crippen molar-refractivity contribution in [1.29, 1.82) is 0 Å². The summed E-state index contributed by atoms with van der Waals surface area (Å²) >= 11 is 0. The number of carbonyl (C=O) groups is 1. The zero-order valence-electron chi connectivity index (χ0n) is 16.8. The molecular formula is C22H25N5O2. The highest BCUT2D eigenvalue weighted by molar-refractivity contribution is 5.96. The van der Waals surface area contributed by atoms with Crippen LogP contribution in [-0.2, 0) is 0 Å². The minimum absolute atomic E-state index is 0.184. The van der Waals surface area contributed by atoms with Gasteiger partial charge in [0.2, 0.25) is 5.95 Å². The van der Waals surface area contributed by atoms with Crippen LogP contribution in [0.25, 0.3) is 0 Å². The molecule has 2 aromatic carbocycles. The van der Waals surface area contributed by atoms with Crippen LogP contribution in [0.4, 0.5) is 17.5 Å². The molecule has 29 heavy (non-hydrogen) atoms. The zero-order chi connectivity index (χ0) is 20.6. The van der Waals surface area contributed by atoms with Crippen molar-refractivity contribution in [2.24, 2.45) is 0 Å². The predicted molar refractivity (Wildman–Crippen MR) is 115 cm³/mol. The Kier molecular flexibility index (Phi) is 6.63. The lowest BCUT2D eigenvalue weighted by Gasteiger charge is -2.11. The number of benzene rings is 2. The Balaban J connectivity index is 1.54. The van der Waals surface area contributed by atoms with Gasteiger partial charge in [-0.25, -0.2) is 4.98 Å². The normalized spacial score (nSPS) is 10.3. The molecule has 3 N–H and O–H groups in total. The van der Waals surface area contributed by atoms with Crippen LogP contribution in [0.15, 0.2) is 54.6 Å². The highest BCUT2D eigenvalue weighted by Crippen LogP contribution is 2.18. The third-order valence-corrected chi connectivity index (χ3v) is 4.22. The second kappa shape index (κ2) is 9.54. The zero-order valence-corrected chi connectivity index (χ0v) is 16.8. The first-order chi connectivity index (χ1) is 14.0. The molecule has 7 heteroatoms. The maximum atomic E-state index is 12.3. The van der Waals surface area contributed by atoms with Crippen LogP contribution < -0.4 is 20.7 Å². The van der Waals surface area contributed by atoms with Gasteiger partial charge < -0.3 is 20.7 Å². The number of anilines is 3. The van der Waals surface area contributed by atoms with Crippen molar-refractivity contribution >= 4 is 23.4 Å². The summed E-state index contributed by atoms with van der Waals surface area (Å²) in [6, 6.07) is 17.1. The van der Waals surface area contributed by atoms with Crippen LogP contribution in [0.5, 0.6) is 5.75 Å². The molecule has 1 amide bonds. The molecule has 0 aliphatic heterocycles. The van der Waals surface area contributed by atoms with Gasteiger partial charge in [0.25, 0.3) is 5.91 Å². The van der Waals surface area contributed by atoms with Crippen molar-refractivity contribution in [3.63, 3.8) is 0 Å². The molecule has 1 heterocycles. The number of aromatic nitrogens is 2. The largest absolute Gasteiger partial charge is 0.496 e. The minimum atomic E-state index is -0.184. The number of aryl methyl sites for hydroxylation is 2. The van der Waals surface area contributed by atoms with Gasteiger partial charge in [0.1, 0.15) is 11.6 Å². The fraction of sp³-hybridized carbons (Fsp3) is 0.227. The van der Waals surface area contributed by atoms with Crippen LogP contribution in [0.3, 0.4) is 0 Å². The number of methoxy groups -OCH3 is 1. The Morgan fingerprint density at radius 1 is 1.00 bits per heavy atom. The maximum absolute atomic E-state index is 12.3. The third-order valence-electron chi connectivity index (χ3n) is 4.22. The first-order valence-electron chi connectivity index (χ1n) is 9.39. The summed E-state index contributed by atoms with van der Waals surface area (Å²) in [5.74, 6) is 1.58. The lowest BCUT2D eigenvalue weighted by molar-refractivity contribution is 0.0952. The molecule has 0 saturated carbocycles. The van der Waals surface area contributed by atoms with Crippen molar-refractivity contribution in [1.82, 2.24) is 15.3 Å². The van der Waals surface area contributed by atoms with Crippen LogP contribution in [-0.4, -0.2) is 36.1 Å². The fourth-order valence-corrected chi connectivity index (χ4v) is 2.77. The first-order valence-corrected chi connectivity index (χ1v) is 9.39. The highest BCUT2D eigenvalue weighted by Gasteiger charge is 2.10. The summed E-state index contributed by atoms with van der Waals surface area (Å²) in [4.78, 5) is 21.2. The average molecular weight is 391 g/mol. The van der Waals surface area contributed by atoms with E-state index in [9.17, 15) is 4.79 Å². The SMILES string of the molecule is COc1ccccc1C(=O)NCCNc1nc(C)cc(Nc2ccc(C)cc2)n1. The van der Waals surface area contributed by atoms with Gasteiger partial charge >= 0.3 is 0 Å². The summed E-state index contributed by atoms with van der Waals surface area (Å²) in [6.45, 7) is 4.88. The van der Waals surface area contributed by atoms with Crippen molar-refractivity contribution in [2.45, 2.75) is 13.8 Å². The molecule has 3 rings (SSSR count). The number of ether oxygens (including phenoxy) is 1. The number of amides is 1. The van der Waals surface area contributed by atoms with E-state index in [1.54, 1.807) is 25.3 Å². The van der Waals surface area contributed by atoms with Gasteiger partial charge in [0, 0.05) is 30.5 Å². The maximum Gasteiger partial charge on any atom is 0.255 e. The van der Waals surface area contributed by atoms with E-state index in [0.29, 0.717) is 36.2 Å². The van der Waals surface area contributed by atoms with E-state index in [0.717, 1.165) is 11.4 Å². The molecule has 0 saturated heterocycles. The molecule has 7 nitrogen and oxygen atoms in total. The van der Waals surface area contributed by atoms with Crippen LogP contribution in [0.1, 0.15) is 21.6 Å². The second-order valence-electron chi connectivity index (χ2n) is 6.59. The topological polar surface area (TPSA) is 88.2 Å². The quantitative estimate of drug-likeness (QED) is 0.508. The molecule has 150 valence electrons. The van der Waals surface area contributed by atoms with Gasteiger partial charge in [0.15, 0.2) is 0 Å². The number of hydrogen-bond donors (Lipinski definition) is 3. The number of para-hydroxylation sites is 1. The predicted octanol–water partition coefficient (Wildman–Crippen LogP) is 3.69. The van der Waals surface area contributed by atoms with Gasteiger partial charge in [-0.05, 0) is 38.1 Å². The lowest BCUT2D eigenvalue weighted by Crippen LogP contribution is -2.29. The van der Waals surface area contributed by atoms with Gasteiger partial charge in [-0.1, -0.05) is 29.8 Å². The summed E-state index contributed by atoms with van der Waals surface area (Å²) in [7, 11) is 1.55. The smallest absolute Gasteiger partial charge is 0.255 e. The third kappa shape index (κ3) is 5.68. The van der Waals surface area contributed by atoms with Crippen LogP contribution in [0, 0.1) is 13.8 Å². The fourth-order valence-electron chi connectivity index (χ4n) is 2.77. The summed E-state index contributed by atoms with van der Waals surface area (Å²) in [5, 5.41) is 9.29. The molecule has 0 aliphatic rings. The van der Waals surface area contributed by atoms with Crippen molar-refractivity contribution in [3.05, 3.63) is 71.4 Å². The second-order valence-corrected chi connectivity index (χ2v) is 6.59. The molecule has 3 aromatic rings. The molecule has 0 atom stereocenters. The van der Waals surface area contributed by atoms with Crippen molar-refractivity contribution in [2.75, 3.05) is 30.8 Å². The minimum Gasteiger partial charge on any atom is -0.496 e. The van der Waals surface area contributed by atoms with E-state index in [-0.39, 0.29) is 5.91 Å². The Hall–Kier alpha value is -3.61. The molecule has 0 aliphatic carbocycles. The molecule has 1 aromatic heterocycles. The monoisotopic (exact) mass is 391 g/mol. The van der Waals surface area contributed by atoms with Crippen LogP contribution >= 0.6 is 0 Å². The van der Waals surface area contributed by atoms with Gasteiger partial charge in [-0.15, -0.1) is 0 Å². The van der Waals surface area contributed by atoms with E-state index in [2.05, 4.69) is 25.9 Å². The van der Waals surface area contributed by atoms with Gasteiger partial charge in [0.05, 0.1) is 12.7 Å². The van der Waals surface area contributed by atoms with E-state index in [4.69, 9.17) is 4.74 Å². The number of hydrogen-bond acceptors (Lipinski definition) is 6. The lowest BCUT2D eigenvalue weighted by atomic mass is 10.2. The summed E-state index contributed by atoms with van der Waals surface area (Å²) in [6.07, 6.45) is 0. The first kappa shape index (κ1) is 20.1. The number of nitrogens with zero attached hydrogens (tertiary/aromatic N) is 2. The van der Waals surface area contributed by atoms with Crippen molar-refractivity contribution in [3.8, 4) is 5.75 Å². The number of rotatable bonds is 8. The number of nitrogens with one attached hydrogen (secondary N) is 3. The Morgan fingerprint density at radius 2 is 1.76 bits per heavy atom. The molecule has 0 spiro atoms. The Morgan fingerprint density at radius 3 is 2.52 bits per heavy atom. The van der Waals surface area contributed by atoms with E-state index in [1.807, 2.05) is 50.2 Å². The van der Waals surface area contributed by atoms with E-state index in [1.165, 1.54) is 5.56 Å². The summed E-state index contributed by atoms with van der Waals surface area (Å²) < 4.78 is 5.22. The molecule has 0 unspecified atom stereocenters. The summed E-state index contributed by atoms with van der Waals surface area (Å²) in [5.41, 5.74) is 3.51. The van der Waals surface area contributed by atoms with E-state index >= 15 is 0 Å². The Bertz CT molecular complexity index is 973. The van der Waals surface area contributed by atoms with Gasteiger partial charge in [-0.3, -0.25) is 4.79 Å². The standard InChI is InChI=1S/C22H25N5O2/c1-15-8-10-17(11-9-15)26-20-14-16(2)25-22(27-20)24-13-12-23-21(28)18-6-4-5-7-19(18)29-3/h4-11,14H,12-13H2,1-3H3,(H,23,28)(H2,24,25,26,27). The number of carbonyl (C=O) groups excluding carboxylic acids is 1.